The summed E-state index contributed by atoms with van der Waals surface area (Å²) in [5.74, 6) is -1.16. The van der Waals surface area contributed by atoms with Gasteiger partial charge >= 0.3 is 0 Å². The standard InChI is InChI=1S/C14H16FN3O3/c15-9-3-4-11(10(16)8-9)17-12(19)2-1-7-18-13(20)5-6-14(18)21/h3-4,8H,1-2,5-7,16H2,(H,17,19). The van der Waals surface area contributed by atoms with E-state index in [0.29, 0.717) is 12.1 Å². The Morgan fingerprint density at radius 2 is 1.95 bits per heavy atom. The molecule has 1 aromatic rings. The van der Waals surface area contributed by atoms with Crippen LogP contribution in [-0.2, 0) is 14.4 Å². The smallest absolute Gasteiger partial charge is 0.229 e. The van der Waals surface area contributed by atoms with Gasteiger partial charge in [0.2, 0.25) is 17.7 Å². The van der Waals surface area contributed by atoms with E-state index in [1.165, 1.54) is 17.0 Å². The maximum atomic E-state index is 12.9. The van der Waals surface area contributed by atoms with Gasteiger partial charge in [-0.2, -0.15) is 0 Å². The van der Waals surface area contributed by atoms with Crippen LogP contribution in [-0.4, -0.2) is 29.2 Å². The highest BCUT2D eigenvalue weighted by molar-refractivity contribution is 6.02. The van der Waals surface area contributed by atoms with E-state index in [0.717, 1.165) is 6.07 Å². The Kier molecular flexibility index (Phi) is 4.52. The molecule has 112 valence electrons. The Balaban J connectivity index is 1.80. The maximum absolute atomic E-state index is 12.9. The Morgan fingerprint density at radius 3 is 2.57 bits per heavy atom. The van der Waals surface area contributed by atoms with Crippen molar-refractivity contribution in [3.8, 4) is 0 Å². The molecule has 1 aliphatic rings. The fourth-order valence-corrected chi connectivity index (χ4v) is 2.13. The lowest BCUT2D eigenvalue weighted by Gasteiger charge is -2.13. The van der Waals surface area contributed by atoms with E-state index >= 15 is 0 Å². The molecule has 7 heteroatoms. The molecule has 0 aromatic heterocycles. The van der Waals surface area contributed by atoms with Crippen LogP contribution in [0.3, 0.4) is 0 Å². The lowest BCUT2D eigenvalue weighted by molar-refractivity contribution is -0.138. The van der Waals surface area contributed by atoms with Crippen LogP contribution >= 0.6 is 0 Å². The molecule has 0 saturated carbocycles. The number of carbonyl (C=O) groups is 3. The van der Waals surface area contributed by atoms with Crippen LogP contribution in [0.2, 0.25) is 0 Å². The highest BCUT2D eigenvalue weighted by atomic mass is 19.1. The number of nitrogens with one attached hydrogen (secondary N) is 1. The van der Waals surface area contributed by atoms with E-state index < -0.39 is 5.82 Å². The number of anilines is 2. The quantitative estimate of drug-likeness (QED) is 0.631. The first-order chi connectivity index (χ1) is 9.97. The molecule has 0 radical (unpaired) electrons. The van der Waals surface area contributed by atoms with Crippen molar-refractivity contribution < 1.29 is 18.8 Å². The van der Waals surface area contributed by atoms with Gasteiger partial charge in [-0.3, -0.25) is 19.3 Å². The molecule has 1 aliphatic heterocycles. The van der Waals surface area contributed by atoms with Crippen molar-refractivity contribution in [1.29, 1.82) is 0 Å². The van der Waals surface area contributed by atoms with Crippen LogP contribution in [0.25, 0.3) is 0 Å². The summed E-state index contributed by atoms with van der Waals surface area (Å²) >= 11 is 0. The van der Waals surface area contributed by atoms with Crippen LogP contribution in [0, 0.1) is 5.82 Å². The number of nitrogen functional groups attached to an aromatic ring is 1. The molecule has 1 heterocycles. The fraction of sp³-hybridized carbons (Fsp3) is 0.357. The lowest BCUT2D eigenvalue weighted by Crippen LogP contribution is -2.30. The molecule has 0 bridgehead atoms. The number of imide groups is 1. The predicted octanol–water partition coefficient (Wildman–Crippen LogP) is 1.28. The molecule has 2 rings (SSSR count). The normalized spacial score (nSPS) is 14.6. The van der Waals surface area contributed by atoms with Gasteiger partial charge in [0, 0.05) is 25.8 Å². The summed E-state index contributed by atoms with van der Waals surface area (Å²) in [7, 11) is 0. The second kappa shape index (κ2) is 6.34. The number of hydrogen-bond donors (Lipinski definition) is 2. The van der Waals surface area contributed by atoms with E-state index in [2.05, 4.69) is 5.32 Å². The van der Waals surface area contributed by atoms with Crippen molar-refractivity contribution >= 4 is 29.1 Å². The van der Waals surface area contributed by atoms with Gasteiger partial charge in [0.1, 0.15) is 5.82 Å². The highest BCUT2D eigenvalue weighted by Crippen LogP contribution is 2.19. The summed E-state index contributed by atoms with van der Waals surface area (Å²) in [5.41, 5.74) is 6.07. The Morgan fingerprint density at radius 1 is 1.29 bits per heavy atom. The number of hydrogen-bond acceptors (Lipinski definition) is 4. The van der Waals surface area contributed by atoms with Gasteiger partial charge in [-0.05, 0) is 24.6 Å². The summed E-state index contributed by atoms with van der Waals surface area (Å²) in [6.45, 7) is 0.240. The molecule has 3 N–H and O–H groups in total. The van der Waals surface area contributed by atoms with E-state index in [1.807, 2.05) is 0 Å². The second-order valence-corrected chi connectivity index (χ2v) is 4.82. The van der Waals surface area contributed by atoms with E-state index in [-0.39, 0.29) is 49.2 Å². The third-order valence-corrected chi connectivity index (χ3v) is 3.23. The number of likely N-dealkylation sites (tertiary alicyclic amines) is 1. The molecule has 0 unspecified atom stereocenters. The molecule has 0 atom stereocenters. The fourth-order valence-electron chi connectivity index (χ4n) is 2.13. The molecule has 6 nitrogen and oxygen atoms in total. The number of nitrogens with two attached hydrogens (primary N) is 1. The third-order valence-electron chi connectivity index (χ3n) is 3.23. The molecular formula is C14H16FN3O3. The lowest BCUT2D eigenvalue weighted by atomic mass is 10.2. The highest BCUT2D eigenvalue weighted by Gasteiger charge is 2.28. The van der Waals surface area contributed by atoms with Crippen molar-refractivity contribution in [1.82, 2.24) is 4.90 Å². The molecule has 0 spiro atoms. The number of nitrogens with zero attached hydrogens (tertiary/aromatic N) is 1. The zero-order valence-electron chi connectivity index (χ0n) is 11.4. The van der Waals surface area contributed by atoms with Crippen LogP contribution in [0.15, 0.2) is 18.2 Å². The molecule has 1 aromatic carbocycles. The van der Waals surface area contributed by atoms with Crippen molar-refractivity contribution in [3.05, 3.63) is 24.0 Å². The zero-order valence-corrected chi connectivity index (χ0v) is 11.4. The minimum Gasteiger partial charge on any atom is -0.397 e. The Hall–Kier alpha value is -2.44. The van der Waals surface area contributed by atoms with Crippen LogP contribution in [0.4, 0.5) is 15.8 Å². The van der Waals surface area contributed by atoms with E-state index in [1.54, 1.807) is 0 Å². The summed E-state index contributed by atoms with van der Waals surface area (Å²) in [6.07, 6.45) is 1.02. The van der Waals surface area contributed by atoms with Gasteiger partial charge < -0.3 is 11.1 Å². The van der Waals surface area contributed by atoms with Crippen LogP contribution in [0.1, 0.15) is 25.7 Å². The van der Waals surface area contributed by atoms with E-state index in [9.17, 15) is 18.8 Å². The first kappa shape index (κ1) is 15.0. The SMILES string of the molecule is Nc1cc(F)ccc1NC(=O)CCCN1C(=O)CCC1=O. The zero-order chi connectivity index (χ0) is 15.4. The number of amides is 3. The van der Waals surface area contributed by atoms with Gasteiger partial charge in [0.25, 0.3) is 0 Å². The van der Waals surface area contributed by atoms with Gasteiger partial charge in [-0.1, -0.05) is 0 Å². The average molecular weight is 293 g/mol. The Labute approximate surface area is 121 Å². The van der Waals surface area contributed by atoms with Gasteiger partial charge in [0.15, 0.2) is 0 Å². The number of benzene rings is 1. The largest absolute Gasteiger partial charge is 0.397 e. The number of carbonyl (C=O) groups excluding carboxylic acids is 3. The Bertz CT molecular complexity index is 573. The van der Waals surface area contributed by atoms with Crippen LogP contribution < -0.4 is 11.1 Å². The molecular weight excluding hydrogens is 277 g/mol. The predicted molar refractivity (Wildman–Crippen MR) is 74.6 cm³/mol. The topological polar surface area (TPSA) is 92.5 Å². The minimum atomic E-state index is -0.475. The first-order valence-corrected chi connectivity index (χ1v) is 6.65. The van der Waals surface area contributed by atoms with Gasteiger partial charge in [-0.25, -0.2) is 4.39 Å². The third kappa shape index (κ3) is 3.77. The summed E-state index contributed by atoms with van der Waals surface area (Å²) in [6, 6.07) is 3.71. The molecule has 1 fully saturated rings. The summed E-state index contributed by atoms with van der Waals surface area (Å²) in [5, 5.41) is 2.57. The van der Waals surface area contributed by atoms with Crippen LogP contribution in [0.5, 0.6) is 0 Å². The minimum absolute atomic E-state index is 0.147. The first-order valence-electron chi connectivity index (χ1n) is 6.65. The average Bonchev–Trinajstić information content (AvgIpc) is 2.74. The number of rotatable bonds is 5. The molecule has 0 aliphatic carbocycles. The van der Waals surface area contributed by atoms with E-state index in [4.69, 9.17) is 5.73 Å². The monoisotopic (exact) mass is 293 g/mol. The molecule has 3 amide bonds. The van der Waals surface area contributed by atoms with Crippen molar-refractivity contribution in [2.24, 2.45) is 0 Å². The van der Waals surface area contributed by atoms with Crippen molar-refractivity contribution in [3.63, 3.8) is 0 Å². The maximum Gasteiger partial charge on any atom is 0.229 e. The molecule has 1 saturated heterocycles. The van der Waals surface area contributed by atoms with Gasteiger partial charge in [0.05, 0.1) is 11.4 Å². The molecule has 21 heavy (non-hydrogen) atoms. The van der Waals surface area contributed by atoms with Gasteiger partial charge in [-0.15, -0.1) is 0 Å². The summed E-state index contributed by atoms with van der Waals surface area (Å²) in [4.78, 5) is 35.7. The summed E-state index contributed by atoms with van der Waals surface area (Å²) < 4.78 is 12.9. The van der Waals surface area contributed by atoms with Crippen molar-refractivity contribution in [2.45, 2.75) is 25.7 Å². The second-order valence-electron chi connectivity index (χ2n) is 4.82. The number of halogens is 1. The van der Waals surface area contributed by atoms with Crippen molar-refractivity contribution in [2.75, 3.05) is 17.6 Å².